The quantitative estimate of drug-likeness (QED) is 0.612. The summed E-state index contributed by atoms with van der Waals surface area (Å²) in [5, 5.41) is 8.17. The third-order valence-electron chi connectivity index (χ3n) is 4.04. The monoisotopic (exact) mass is 405 g/mol. The number of hydrogen-bond donors (Lipinski definition) is 2. The molecular weight excluding hydrogens is 387 g/mol. The van der Waals surface area contributed by atoms with E-state index in [4.69, 9.17) is 23.2 Å². The van der Waals surface area contributed by atoms with E-state index < -0.39 is 0 Å². The Morgan fingerprint density at radius 3 is 2.58 bits per heavy atom. The number of amides is 1. The molecule has 3 nitrogen and oxygen atoms in total. The lowest BCUT2D eigenvalue weighted by Crippen LogP contribution is -2.87. The highest BCUT2D eigenvalue weighted by Gasteiger charge is 2.19. The van der Waals surface area contributed by atoms with Crippen molar-refractivity contribution in [3.63, 3.8) is 0 Å². The van der Waals surface area contributed by atoms with Gasteiger partial charge in [0.15, 0.2) is 6.54 Å². The predicted molar refractivity (Wildman–Crippen MR) is 108 cm³/mol. The van der Waals surface area contributed by atoms with Gasteiger partial charge in [-0.3, -0.25) is 4.79 Å². The van der Waals surface area contributed by atoms with Crippen molar-refractivity contribution >= 4 is 40.4 Å². The van der Waals surface area contributed by atoms with Crippen molar-refractivity contribution in [1.29, 1.82) is 0 Å². The average Bonchev–Trinajstić information content (AvgIpc) is 3.16. The maximum atomic E-state index is 12.3. The molecule has 2 aromatic carbocycles. The highest BCUT2D eigenvalue weighted by Crippen LogP contribution is 2.22. The molecule has 0 saturated carbocycles. The fraction of sp³-hybridized carbons (Fsp3) is 0.150. The minimum absolute atomic E-state index is 0.0338. The van der Waals surface area contributed by atoms with Crippen molar-refractivity contribution in [2.45, 2.75) is 12.6 Å². The Morgan fingerprint density at radius 2 is 1.88 bits per heavy atom. The number of carbonyl (C=O) groups is 1. The van der Waals surface area contributed by atoms with Crippen molar-refractivity contribution in [2.75, 3.05) is 6.54 Å². The zero-order chi connectivity index (χ0) is 18.4. The average molecular weight is 406 g/mol. The summed E-state index contributed by atoms with van der Waals surface area (Å²) in [5.41, 5.74) is 2.03. The maximum Gasteiger partial charge on any atom is 0.275 e. The molecule has 6 heteroatoms. The minimum atomic E-state index is -0.0338. The predicted octanol–water partition coefficient (Wildman–Crippen LogP) is 4.02. The number of nitrogens with one attached hydrogen (secondary N) is 1. The lowest BCUT2D eigenvalue weighted by atomic mass is 10.1. The van der Waals surface area contributed by atoms with Gasteiger partial charge < -0.3 is 10.6 Å². The Kier molecular flexibility index (Phi) is 6.69. The Bertz CT molecular complexity index is 854. The molecule has 3 rings (SSSR count). The van der Waals surface area contributed by atoms with E-state index in [0.29, 0.717) is 23.1 Å². The fourth-order valence-electron chi connectivity index (χ4n) is 2.70. The van der Waals surface area contributed by atoms with E-state index in [9.17, 15) is 4.79 Å². The smallest absolute Gasteiger partial charge is 0.275 e. The van der Waals surface area contributed by atoms with E-state index in [0.717, 1.165) is 5.56 Å². The molecule has 1 heterocycles. The van der Waals surface area contributed by atoms with Crippen LogP contribution < -0.4 is 10.6 Å². The van der Waals surface area contributed by atoms with E-state index in [1.165, 1.54) is 10.4 Å². The topological polar surface area (TPSA) is 45.7 Å². The highest BCUT2D eigenvalue weighted by atomic mass is 35.5. The van der Waals surface area contributed by atoms with Crippen LogP contribution in [0.15, 0.2) is 66.0 Å². The normalized spacial score (nSPS) is 11.9. The third kappa shape index (κ3) is 5.08. The van der Waals surface area contributed by atoms with Crippen molar-refractivity contribution < 1.29 is 10.1 Å². The van der Waals surface area contributed by atoms with Gasteiger partial charge in [0.2, 0.25) is 0 Å². The number of hydrogen-bond acceptors (Lipinski definition) is 2. The number of carbonyl (C=O) groups excluding carboxylic acids is 1. The Hall–Kier alpha value is -1.85. The van der Waals surface area contributed by atoms with Crippen molar-refractivity contribution in [3.05, 3.63) is 92.1 Å². The molecule has 0 bridgehead atoms. The molecule has 0 spiro atoms. The van der Waals surface area contributed by atoms with Crippen LogP contribution in [0.5, 0.6) is 0 Å². The van der Waals surface area contributed by atoms with Gasteiger partial charge in [-0.1, -0.05) is 65.7 Å². The molecular formula is C20H19Cl2N2OS+. The molecule has 1 amide bonds. The van der Waals surface area contributed by atoms with E-state index in [1.807, 2.05) is 30.3 Å². The van der Waals surface area contributed by atoms with Crippen LogP contribution in [0, 0.1) is 0 Å². The van der Waals surface area contributed by atoms with Crippen LogP contribution in [0.2, 0.25) is 10.0 Å². The second-order valence-electron chi connectivity index (χ2n) is 5.86. The molecule has 1 aromatic heterocycles. The standard InChI is InChI=1S/C20H18Cl2N2OS/c21-16-9-8-15(17(22)11-16)12-23-19(25)13-24-20(18-7-4-10-26-18)14-5-2-1-3-6-14/h1-11,20,24H,12-13H2,(H,23,25)/p+1/t20-/m1/s1. The Labute approximate surface area is 167 Å². The molecule has 134 valence electrons. The van der Waals surface area contributed by atoms with Gasteiger partial charge in [0, 0.05) is 22.2 Å². The summed E-state index contributed by atoms with van der Waals surface area (Å²) in [4.78, 5) is 13.5. The van der Waals surface area contributed by atoms with Gasteiger partial charge in [-0.15, -0.1) is 11.3 Å². The van der Waals surface area contributed by atoms with Gasteiger partial charge in [0.1, 0.15) is 6.04 Å². The number of quaternary nitrogens is 1. The SMILES string of the molecule is O=C(C[NH2+][C@H](c1ccccc1)c1cccs1)NCc1ccc(Cl)cc1Cl. The summed E-state index contributed by atoms with van der Waals surface area (Å²) in [5.74, 6) is -0.0338. The molecule has 3 N–H and O–H groups in total. The summed E-state index contributed by atoms with van der Waals surface area (Å²) >= 11 is 13.7. The summed E-state index contributed by atoms with van der Waals surface area (Å²) in [7, 11) is 0. The first-order valence-corrected chi connectivity index (χ1v) is 9.89. The molecule has 0 unspecified atom stereocenters. The van der Waals surface area contributed by atoms with Crippen LogP contribution in [-0.4, -0.2) is 12.5 Å². The molecule has 3 aromatic rings. The zero-order valence-electron chi connectivity index (χ0n) is 14.0. The molecule has 0 aliphatic rings. The maximum absolute atomic E-state index is 12.3. The van der Waals surface area contributed by atoms with E-state index in [1.54, 1.807) is 23.5 Å². The number of nitrogens with two attached hydrogens (primary N) is 1. The molecule has 0 saturated heterocycles. The van der Waals surface area contributed by atoms with Crippen molar-refractivity contribution in [2.24, 2.45) is 0 Å². The largest absolute Gasteiger partial charge is 0.347 e. The van der Waals surface area contributed by atoms with Crippen LogP contribution in [-0.2, 0) is 11.3 Å². The Balaban J connectivity index is 1.59. The Morgan fingerprint density at radius 1 is 1.08 bits per heavy atom. The summed E-state index contributed by atoms with van der Waals surface area (Å²) in [6, 6.07) is 19.7. The molecule has 0 aliphatic heterocycles. The van der Waals surface area contributed by atoms with Crippen LogP contribution in [0.4, 0.5) is 0 Å². The summed E-state index contributed by atoms with van der Waals surface area (Å²) in [6.45, 7) is 0.723. The van der Waals surface area contributed by atoms with Gasteiger partial charge in [0.25, 0.3) is 5.91 Å². The fourth-order valence-corrected chi connectivity index (χ4v) is 4.03. The molecule has 26 heavy (non-hydrogen) atoms. The van der Waals surface area contributed by atoms with Crippen LogP contribution >= 0.6 is 34.5 Å². The van der Waals surface area contributed by atoms with Gasteiger partial charge >= 0.3 is 0 Å². The van der Waals surface area contributed by atoms with Crippen molar-refractivity contribution in [3.8, 4) is 0 Å². The van der Waals surface area contributed by atoms with E-state index in [2.05, 4.69) is 34.2 Å². The van der Waals surface area contributed by atoms with Gasteiger partial charge in [0.05, 0.1) is 4.88 Å². The molecule has 0 radical (unpaired) electrons. The summed E-state index contributed by atoms with van der Waals surface area (Å²) < 4.78 is 0. The zero-order valence-corrected chi connectivity index (χ0v) is 16.3. The highest BCUT2D eigenvalue weighted by molar-refractivity contribution is 7.10. The third-order valence-corrected chi connectivity index (χ3v) is 5.58. The number of thiophene rings is 1. The minimum Gasteiger partial charge on any atom is -0.347 e. The first-order valence-electron chi connectivity index (χ1n) is 8.26. The van der Waals surface area contributed by atoms with Gasteiger partial charge in [-0.05, 0) is 29.1 Å². The second kappa shape index (κ2) is 9.19. The van der Waals surface area contributed by atoms with Crippen LogP contribution in [0.25, 0.3) is 0 Å². The first-order chi connectivity index (χ1) is 12.6. The van der Waals surface area contributed by atoms with E-state index in [-0.39, 0.29) is 11.9 Å². The van der Waals surface area contributed by atoms with Crippen LogP contribution in [0.1, 0.15) is 22.0 Å². The lowest BCUT2D eigenvalue weighted by molar-refractivity contribution is -0.676. The number of halogens is 2. The molecule has 1 atom stereocenters. The number of rotatable bonds is 7. The molecule has 0 fully saturated rings. The second-order valence-corrected chi connectivity index (χ2v) is 7.68. The van der Waals surface area contributed by atoms with Crippen LogP contribution in [0.3, 0.4) is 0 Å². The lowest BCUT2D eigenvalue weighted by Gasteiger charge is -2.15. The molecule has 0 aliphatic carbocycles. The van der Waals surface area contributed by atoms with Gasteiger partial charge in [-0.2, -0.15) is 0 Å². The first kappa shape index (κ1) is 18.9. The van der Waals surface area contributed by atoms with Crippen molar-refractivity contribution in [1.82, 2.24) is 5.32 Å². The number of benzene rings is 2. The van der Waals surface area contributed by atoms with Gasteiger partial charge in [-0.25, -0.2) is 0 Å². The summed E-state index contributed by atoms with van der Waals surface area (Å²) in [6.07, 6.45) is 0. The van der Waals surface area contributed by atoms with E-state index >= 15 is 0 Å².